The van der Waals surface area contributed by atoms with E-state index in [9.17, 15) is 28.1 Å². The summed E-state index contributed by atoms with van der Waals surface area (Å²) in [5.74, 6) is -0.371. The Morgan fingerprint density at radius 2 is 2.03 bits per heavy atom. The molecule has 0 fully saturated rings. The van der Waals surface area contributed by atoms with Gasteiger partial charge in [-0.1, -0.05) is 12.1 Å². The van der Waals surface area contributed by atoms with Gasteiger partial charge in [0.05, 0.1) is 34.8 Å². The van der Waals surface area contributed by atoms with Crippen molar-refractivity contribution in [2.45, 2.75) is 32.1 Å². The van der Waals surface area contributed by atoms with Gasteiger partial charge < -0.3 is 5.32 Å². The Morgan fingerprint density at radius 3 is 2.72 bits per heavy atom. The van der Waals surface area contributed by atoms with Crippen LogP contribution in [-0.4, -0.2) is 20.6 Å². The van der Waals surface area contributed by atoms with Crippen LogP contribution in [0, 0.1) is 10.1 Å². The molecular formula is C19H17F3N4O3. The van der Waals surface area contributed by atoms with Crippen LogP contribution >= 0.6 is 0 Å². The third-order valence-electron chi connectivity index (χ3n) is 4.48. The molecule has 0 aliphatic heterocycles. The molecule has 0 bridgehead atoms. The average Bonchev–Trinajstić information content (AvgIpc) is 3.08. The highest BCUT2D eigenvalue weighted by molar-refractivity contribution is 5.81. The summed E-state index contributed by atoms with van der Waals surface area (Å²) in [7, 11) is 0. The third-order valence-corrected chi connectivity index (χ3v) is 4.48. The normalized spacial score (nSPS) is 12.7. The number of non-ortho nitro benzene ring substituents is 1. The first-order valence-electron chi connectivity index (χ1n) is 8.71. The molecule has 1 amide bonds. The molecule has 1 atom stereocenters. The molecule has 152 valence electrons. The number of nitrogens with one attached hydrogen (secondary N) is 1. The predicted octanol–water partition coefficient (Wildman–Crippen LogP) is 4.23. The lowest BCUT2D eigenvalue weighted by atomic mass is 10.0. The van der Waals surface area contributed by atoms with E-state index in [0.717, 1.165) is 12.1 Å². The van der Waals surface area contributed by atoms with Crippen molar-refractivity contribution in [3.63, 3.8) is 0 Å². The number of carbonyl (C=O) groups excluding carboxylic acids is 1. The first kappa shape index (κ1) is 20.3. The van der Waals surface area contributed by atoms with Gasteiger partial charge in [-0.05, 0) is 30.7 Å². The van der Waals surface area contributed by atoms with E-state index in [-0.39, 0.29) is 24.6 Å². The molecule has 10 heteroatoms. The second-order valence-corrected chi connectivity index (χ2v) is 6.53. The summed E-state index contributed by atoms with van der Waals surface area (Å²) in [6, 6.07) is 8.51. The number of fused-ring (bicyclic) bond motifs is 1. The molecule has 2 aromatic carbocycles. The summed E-state index contributed by atoms with van der Waals surface area (Å²) in [5, 5.41) is 18.4. The molecule has 1 aromatic heterocycles. The summed E-state index contributed by atoms with van der Waals surface area (Å²) in [6.45, 7) is 1.77. The zero-order valence-corrected chi connectivity index (χ0v) is 15.3. The summed E-state index contributed by atoms with van der Waals surface area (Å²) in [6.07, 6.45) is -2.89. The van der Waals surface area contributed by atoms with Gasteiger partial charge in [-0.25, -0.2) is 0 Å². The van der Waals surface area contributed by atoms with E-state index in [1.165, 1.54) is 28.9 Å². The largest absolute Gasteiger partial charge is 0.416 e. The molecule has 29 heavy (non-hydrogen) atoms. The van der Waals surface area contributed by atoms with Crippen molar-refractivity contribution in [3.8, 4) is 0 Å². The van der Waals surface area contributed by atoms with Crippen LogP contribution in [0.15, 0.2) is 48.7 Å². The van der Waals surface area contributed by atoms with Crippen LogP contribution in [0.4, 0.5) is 18.9 Å². The maximum absolute atomic E-state index is 12.8. The zero-order valence-electron chi connectivity index (χ0n) is 15.3. The molecule has 0 aliphatic rings. The fraction of sp³-hybridized carbons (Fsp3) is 0.263. The lowest BCUT2D eigenvalue weighted by molar-refractivity contribution is -0.384. The second kappa shape index (κ2) is 7.90. The molecule has 0 spiro atoms. The number of aromatic nitrogens is 2. The number of aryl methyl sites for hydroxylation is 1. The van der Waals surface area contributed by atoms with Crippen molar-refractivity contribution in [1.29, 1.82) is 0 Å². The van der Waals surface area contributed by atoms with Crippen LogP contribution in [0.3, 0.4) is 0 Å². The van der Waals surface area contributed by atoms with E-state index >= 15 is 0 Å². The molecule has 0 saturated carbocycles. The predicted molar refractivity (Wildman–Crippen MR) is 99.0 cm³/mol. The zero-order chi connectivity index (χ0) is 21.2. The summed E-state index contributed by atoms with van der Waals surface area (Å²) < 4.78 is 40.0. The van der Waals surface area contributed by atoms with Crippen molar-refractivity contribution < 1.29 is 22.9 Å². The van der Waals surface area contributed by atoms with Gasteiger partial charge in [0.25, 0.3) is 5.69 Å². The minimum Gasteiger partial charge on any atom is -0.350 e. The Bertz CT molecular complexity index is 1060. The monoisotopic (exact) mass is 406 g/mol. The summed E-state index contributed by atoms with van der Waals surface area (Å²) in [5.41, 5.74) is 0.00819. The standard InChI is InChI=1S/C19H17F3N4O3/c1-12(13-3-2-4-15(9-13)19(20,21)22)24-18(27)7-8-25-17-10-16(26(28)29)6-5-14(17)11-23-25/h2-6,9-12H,7-8H2,1H3,(H,24,27)/t12-/m1/s1. The molecule has 3 rings (SSSR count). The number of nitrogens with zero attached hydrogens (tertiary/aromatic N) is 3. The van der Waals surface area contributed by atoms with Crippen LogP contribution in [0.2, 0.25) is 0 Å². The fourth-order valence-corrected chi connectivity index (χ4v) is 2.94. The van der Waals surface area contributed by atoms with Gasteiger partial charge in [-0.15, -0.1) is 0 Å². The highest BCUT2D eigenvalue weighted by atomic mass is 19.4. The quantitative estimate of drug-likeness (QED) is 0.490. The maximum atomic E-state index is 12.8. The van der Waals surface area contributed by atoms with Gasteiger partial charge in [-0.2, -0.15) is 18.3 Å². The number of alkyl halides is 3. The minimum absolute atomic E-state index is 0.0166. The van der Waals surface area contributed by atoms with E-state index in [2.05, 4.69) is 10.4 Å². The van der Waals surface area contributed by atoms with Crippen LogP contribution in [-0.2, 0) is 17.5 Å². The van der Waals surface area contributed by atoms with Gasteiger partial charge in [0.1, 0.15) is 0 Å². The number of halogens is 3. The van der Waals surface area contributed by atoms with Crippen molar-refractivity contribution in [2.24, 2.45) is 0 Å². The topological polar surface area (TPSA) is 90.1 Å². The molecule has 0 radical (unpaired) electrons. The summed E-state index contributed by atoms with van der Waals surface area (Å²) >= 11 is 0. The lowest BCUT2D eigenvalue weighted by Gasteiger charge is -2.16. The first-order chi connectivity index (χ1) is 13.6. The SMILES string of the molecule is C[C@@H](NC(=O)CCn1ncc2ccc([N+](=O)[O-])cc21)c1cccc(C(F)(F)F)c1. The van der Waals surface area contributed by atoms with Crippen LogP contribution in [0.1, 0.15) is 30.5 Å². The number of hydrogen-bond acceptors (Lipinski definition) is 4. The molecule has 1 heterocycles. The Balaban J connectivity index is 1.65. The van der Waals surface area contributed by atoms with E-state index in [1.807, 2.05) is 0 Å². The van der Waals surface area contributed by atoms with Crippen molar-refractivity contribution in [1.82, 2.24) is 15.1 Å². The summed E-state index contributed by atoms with van der Waals surface area (Å²) in [4.78, 5) is 22.6. The fourth-order valence-electron chi connectivity index (χ4n) is 2.94. The van der Waals surface area contributed by atoms with Crippen LogP contribution in [0.25, 0.3) is 10.9 Å². The van der Waals surface area contributed by atoms with Crippen molar-refractivity contribution >= 4 is 22.5 Å². The Labute approximate surface area is 163 Å². The molecule has 7 nitrogen and oxygen atoms in total. The van der Waals surface area contributed by atoms with Gasteiger partial charge in [0.2, 0.25) is 5.91 Å². The molecule has 0 unspecified atom stereocenters. The van der Waals surface area contributed by atoms with Crippen LogP contribution in [0.5, 0.6) is 0 Å². The number of nitro benzene ring substituents is 1. The molecular weight excluding hydrogens is 389 g/mol. The van der Waals surface area contributed by atoms with Crippen LogP contribution < -0.4 is 5.32 Å². The highest BCUT2D eigenvalue weighted by Crippen LogP contribution is 2.30. The van der Waals surface area contributed by atoms with E-state index in [0.29, 0.717) is 16.5 Å². The average molecular weight is 406 g/mol. The number of amides is 1. The number of rotatable bonds is 6. The van der Waals surface area contributed by atoms with Crippen molar-refractivity contribution in [2.75, 3.05) is 0 Å². The second-order valence-electron chi connectivity index (χ2n) is 6.53. The number of nitro groups is 1. The molecule has 0 saturated heterocycles. The molecule has 3 aromatic rings. The van der Waals surface area contributed by atoms with E-state index in [4.69, 9.17) is 0 Å². The lowest BCUT2D eigenvalue weighted by Crippen LogP contribution is -2.27. The van der Waals surface area contributed by atoms with Gasteiger partial charge >= 0.3 is 6.18 Å². The van der Waals surface area contributed by atoms with E-state index in [1.54, 1.807) is 19.2 Å². The Hall–Kier alpha value is -3.43. The van der Waals surface area contributed by atoms with Gasteiger partial charge in [-0.3, -0.25) is 19.6 Å². The Kier molecular flexibility index (Phi) is 5.53. The molecule has 1 N–H and O–H groups in total. The van der Waals surface area contributed by atoms with Crippen molar-refractivity contribution in [3.05, 3.63) is 69.9 Å². The number of hydrogen-bond donors (Lipinski definition) is 1. The first-order valence-corrected chi connectivity index (χ1v) is 8.71. The third kappa shape index (κ3) is 4.71. The van der Waals surface area contributed by atoms with E-state index < -0.39 is 22.7 Å². The van der Waals surface area contributed by atoms with Gasteiger partial charge in [0, 0.05) is 23.9 Å². The molecule has 0 aliphatic carbocycles. The van der Waals surface area contributed by atoms with Gasteiger partial charge in [0.15, 0.2) is 0 Å². The number of benzene rings is 2. The highest BCUT2D eigenvalue weighted by Gasteiger charge is 2.30. The minimum atomic E-state index is -4.45. The Morgan fingerprint density at radius 1 is 1.28 bits per heavy atom. The maximum Gasteiger partial charge on any atom is 0.416 e. The smallest absolute Gasteiger partial charge is 0.350 e. The number of carbonyl (C=O) groups is 1.